The second kappa shape index (κ2) is 11.4. The van der Waals surface area contributed by atoms with Gasteiger partial charge in [0.15, 0.2) is 5.96 Å². The fourth-order valence-corrected chi connectivity index (χ4v) is 3.32. The molecule has 0 aromatic heterocycles. The summed E-state index contributed by atoms with van der Waals surface area (Å²) in [5.41, 5.74) is 2.51. The highest BCUT2D eigenvalue weighted by atomic mass is 127. The Morgan fingerprint density at radius 2 is 2.00 bits per heavy atom. The van der Waals surface area contributed by atoms with Crippen LogP contribution >= 0.6 is 24.0 Å². The molecular weight excluding hydrogens is 439 g/mol. The Hall–Kier alpha value is -1.31. The first-order chi connectivity index (χ1) is 12.0. The molecule has 0 aliphatic carbocycles. The van der Waals surface area contributed by atoms with Crippen LogP contribution in [0, 0.1) is 6.92 Å². The third-order valence-corrected chi connectivity index (χ3v) is 4.86. The minimum absolute atomic E-state index is 0. The zero-order valence-corrected chi connectivity index (χ0v) is 18.8. The van der Waals surface area contributed by atoms with E-state index in [1.807, 2.05) is 11.9 Å². The maximum atomic E-state index is 12.4. The van der Waals surface area contributed by atoms with Crippen LogP contribution in [0.5, 0.6) is 0 Å². The van der Waals surface area contributed by atoms with E-state index in [-0.39, 0.29) is 29.9 Å². The third kappa shape index (κ3) is 6.78. The predicted molar refractivity (Wildman–Crippen MR) is 119 cm³/mol. The van der Waals surface area contributed by atoms with Crippen molar-refractivity contribution in [2.75, 3.05) is 27.2 Å². The maximum Gasteiger partial charge on any atom is 0.224 e. The van der Waals surface area contributed by atoms with E-state index < -0.39 is 0 Å². The van der Waals surface area contributed by atoms with Gasteiger partial charge in [-0.2, -0.15) is 0 Å². The summed E-state index contributed by atoms with van der Waals surface area (Å²) >= 11 is 0. The van der Waals surface area contributed by atoms with E-state index in [9.17, 15) is 4.79 Å². The quantitative estimate of drug-likeness (QED) is 0.406. The van der Waals surface area contributed by atoms with Crippen LogP contribution in [0.1, 0.15) is 43.7 Å². The van der Waals surface area contributed by atoms with Gasteiger partial charge in [0.1, 0.15) is 0 Å². The molecule has 26 heavy (non-hydrogen) atoms. The number of guanidine groups is 1. The van der Waals surface area contributed by atoms with Crippen LogP contribution in [0.25, 0.3) is 0 Å². The molecule has 0 radical (unpaired) electrons. The fourth-order valence-electron chi connectivity index (χ4n) is 3.32. The van der Waals surface area contributed by atoms with Gasteiger partial charge in [-0.3, -0.25) is 9.79 Å². The Kier molecular flexibility index (Phi) is 9.98. The molecule has 1 aliphatic heterocycles. The van der Waals surface area contributed by atoms with Gasteiger partial charge in [-0.05, 0) is 38.7 Å². The number of likely N-dealkylation sites (tertiary alicyclic amines) is 1. The molecule has 5 nitrogen and oxygen atoms in total. The van der Waals surface area contributed by atoms with Crippen molar-refractivity contribution in [3.8, 4) is 0 Å². The molecule has 1 N–H and O–H groups in total. The van der Waals surface area contributed by atoms with Crippen molar-refractivity contribution in [2.24, 2.45) is 4.99 Å². The number of hydrogen-bond donors (Lipinski definition) is 1. The van der Waals surface area contributed by atoms with Gasteiger partial charge in [-0.1, -0.05) is 29.8 Å². The first-order valence-electron chi connectivity index (χ1n) is 9.28. The maximum absolute atomic E-state index is 12.4. The first kappa shape index (κ1) is 22.7. The minimum atomic E-state index is 0. The lowest BCUT2D eigenvalue weighted by molar-refractivity contribution is -0.134. The average Bonchev–Trinajstić information content (AvgIpc) is 2.60. The second-order valence-corrected chi connectivity index (χ2v) is 7.00. The lowest BCUT2D eigenvalue weighted by atomic mass is 10.0. The summed E-state index contributed by atoms with van der Waals surface area (Å²) < 4.78 is 0. The SMILES string of the molecule is CN=C(NCCC(=O)N1CCCCC1C)N(C)Cc1ccc(C)cc1.I. The summed E-state index contributed by atoms with van der Waals surface area (Å²) in [6.07, 6.45) is 4.01. The Morgan fingerprint density at radius 1 is 1.31 bits per heavy atom. The summed E-state index contributed by atoms with van der Waals surface area (Å²) in [7, 11) is 3.80. The van der Waals surface area contributed by atoms with Gasteiger partial charge in [0.2, 0.25) is 5.91 Å². The number of aliphatic imine (C=N–C) groups is 1. The third-order valence-electron chi connectivity index (χ3n) is 4.86. The molecule has 1 unspecified atom stereocenters. The second-order valence-electron chi connectivity index (χ2n) is 7.00. The minimum Gasteiger partial charge on any atom is -0.356 e. The van der Waals surface area contributed by atoms with Crippen molar-refractivity contribution < 1.29 is 4.79 Å². The van der Waals surface area contributed by atoms with Crippen LogP contribution in [0.4, 0.5) is 0 Å². The molecule has 0 bridgehead atoms. The van der Waals surface area contributed by atoms with Crippen LogP contribution < -0.4 is 5.32 Å². The van der Waals surface area contributed by atoms with Gasteiger partial charge in [-0.15, -0.1) is 24.0 Å². The van der Waals surface area contributed by atoms with E-state index in [4.69, 9.17) is 0 Å². The normalized spacial score (nSPS) is 17.5. The van der Waals surface area contributed by atoms with E-state index in [0.29, 0.717) is 19.0 Å². The summed E-state index contributed by atoms with van der Waals surface area (Å²) in [5, 5.41) is 3.31. The van der Waals surface area contributed by atoms with Gasteiger partial charge < -0.3 is 15.1 Å². The Balaban J connectivity index is 0.00000338. The van der Waals surface area contributed by atoms with Gasteiger partial charge >= 0.3 is 0 Å². The van der Waals surface area contributed by atoms with Crippen LogP contribution in [0.2, 0.25) is 0 Å². The summed E-state index contributed by atoms with van der Waals surface area (Å²) in [6, 6.07) is 8.90. The fraction of sp³-hybridized carbons (Fsp3) is 0.600. The Labute approximate surface area is 175 Å². The number of halogens is 1. The molecule has 1 aromatic rings. The molecule has 2 rings (SSSR count). The van der Waals surface area contributed by atoms with Crippen molar-refractivity contribution in [3.05, 3.63) is 35.4 Å². The van der Waals surface area contributed by atoms with Crippen molar-refractivity contribution in [2.45, 2.75) is 52.1 Å². The lowest BCUT2D eigenvalue weighted by Gasteiger charge is -2.33. The molecule has 1 heterocycles. The molecule has 6 heteroatoms. The van der Waals surface area contributed by atoms with Crippen LogP contribution in [-0.2, 0) is 11.3 Å². The molecule has 1 amide bonds. The van der Waals surface area contributed by atoms with Gasteiger partial charge in [0, 0.05) is 46.2 Å². The van der Waals surface area contributed by atoms with Crippen molar-refractivity contribution in [3.63, 3.8) is 0 Å². The van der Waals surface area contributed by atoms with E-state index >= 15 is 0 Å². The van der Waals surface area contributed by atoms with Gasteiger partial charge in [0.25, 0.3) is 0 Å². The zero-order chi connectivity index (χ0) is 18.2. The number of benzene rings is 1. The summed E-state index contributed by atoms with van der Waals surface area (Å²) in [6.45, 7) is 6.55. The number of aryl methyl sites for hydroxylation is 1. The summed E-state index contributed by atoms with van der Waals surface area (Å²) in [5.74, 6) is 1.07. The number of amides is 1. The smallest absolute Gasteiger partial charge is 0.224 e. The largest absolute Gasteiger partial charge is 0.356 e. The highest BCUT2D eigenvalue weighted by Crippen LogP contribution is 2.17. The topological polar surface area (TPSA) is 47.9 Å². The van der Waals surface area contributed by atoms with Crippen molar-refractivity contribution in [1.82, 2.24) is 15.1 Å². The number of nitrogens with zero attached hydrogens (tertiary/aromatic N) is 3. The van der Waals surface area contributed by atoms with Crippen LogP contribution in [-0.4, -0.2) is 54.9 Å². The number of piperidine rings is 1. The zero-order valence-electron chi connectivity index (χ0n) is 16.5. The van der Waals surface area contributed by atoms with E-state index in [2.05, 4.69) is 53.3 Å². The standard InChI is InChI=1S/C20H32N4O.HI/c1-16-8-10-18(11-9-16)15-23(4)20(21-3)22-13-12-19(25)24-14-6-5-7-17(24)2;/h8-11,17H,5-7,12-15H2,1-4H3,(H,21,22);1H. The molecule has 1 atom stereocenters. The molecule has 1 aliphatic rings. The highest BCUT2D eigenvalue weighted by molar-refractivity contribution is 14.0. The van der Waals surface area contributed by atoms with E-state index in [1.165, 1.54) is 17.5 Å². The number of nitrogens with one attached hydrogen (secondary N) is 1. The van der Waals surface area contributed by atoms with Crippen molar-refractivity contribution >= 4 is 35.8 Å². The molecule has 1 aromatic carbocycles. The van der Waals surface area contributed by atoms with Crippen molar-refractivity contribution in [1.29, 1.82) is 0 Å². The molecule has 146 valence electrons. The average molecular weight is 472 g/mol. The molecule has 1 fully saturated rings. The summed E-state index contributed by atoms with van der Waals surface area (Å²) in [4.78, 5) is 20.8. The predicted octanol–water partition coefficient (Wildman–Crippen LogP) is 3.41. The number of rotatable bonds is 5. The number of hydrogen-bond acceptors (Lipinski definition) is 2. The molecule has 0 spiro atoms. The molecule has 1 saturated heterocycles. The molecular formula is C20H33IN4O. The lowest BCUT2D eigenvalue weighted by Crippen LogP contribution is -2.44. The van der Waals surface area contributed by atoms with E-state index in [1.54, 1.807) is 7.05 Å². The number of carbonyl (C=O) groups excluding carboxylic acids is 1. The number of carbonyl (C=O) groups is 1. The monoisotopic (exact) mass is 472 g/mol. The van der Waals surface area contributed by atoms with Crippen LogP contribution in [0.15, 0.2) is 29.3 Å². The van der Waals surface area contributed by atoms with Crippen LogP contribution in [0.3, 0.4) is 0 Å². The Morgan fingerprint density at radius 3 is 2.62 bits per heavy atom. The van der Waals surface area contributed by atoms with Gasteiger partial charge in [0.05, 0.1) is 0 Å². The molecule has 0 saturated carbocycles. The van der Waals surface area contributed by atoms with E-state index in [0.717, 1.165) is 31.9 Å². The first-order valence-corrected chi connectivity index (χ1v) is 9.28. The highest BCUT2D eigenvalue weighted by Gasteiger charge is 2.22. The van der Waals surface area contributed by atoms with Gasteiger partial charge in [-0.25, -0.2) is 0 Å². The Bertz CT molecular complexity index is 588.